The van der Waals surface area contributed by atoms with Crippen LogP contribution in [0, 0.1) is 17.8 Å². The highest BCUT2D eigenvalue weighted by Gasteiger charge is 2.48. The number of piperidine rings is 2. The molecular weight excluding hydrogens is 356 g/mol. The van der Waals surface area contributed by atoms with Gasteiger partial charge in [0.05, 0.1) is 11.1 Å². The van der Waals surface area contributed by atoms with Crippen molar-refractivity contribution in [2.45, 2.75) is 25.8 Å². The lowest BCUT2D eigenvalue weighted by Crippen LogP contribution is -2.60. The Labute approximate surface area is 144 Å². The zero-order chi connectivity index (χ0) is 16.2. The molecule has 3 atom stereocenters. The minimum Gasteiger partial charge on any atom is -0.344 e. The predicted molar refractivity (Wildman–Crippen MR) is 92.0 cm³/mol. The molecule has 23 heavy (non-hydrogen) atoms. The fraction of sp³-hybridized carbons (Fsp3) is 0.529. The summed E-state index contributed by atoms with van der Waals surface area (Å²) in [7, 11) is 0. The molecule has 2 N–H and O–H groups in total. The summed E-state index contributed by atoms with van der Waals surface area (Å²) in [6.07, 6.45) is 3.17. The SMILES string of the molecule is CC(C)(NC(=O)C1[C@@H]2CNC[C@H]1C2)c1nc(Br)c2ccccn12. The number of fused-ring (bicyclic) bond motifs is 3. The van der Waals surface area contributed by atoms with Crippen molar-refractivity contribution in [1.82, 2.24) is 20.0 Å². The summed E-state index contributed by atoms with van der Waals surface area (Å²) < 4.78 is 2.84. The highest BCUT2D eigenvalue weighted by atomic mass is 79.9. The lowest BCUT2D eigenvalue weighted by molar-refractivity contribution is -0.138. The van der Waals surface area contributed by atoms with E-state index in [2.05, 4.69) is 31.5 Å². The Morgan fingerprint density at radius 1 is 1.39 bits per heavy atom. The number of amides is 1. The number of hydrogen-bond acceptors (Lipinski definition) is 3. The maximum Gasteiger partial charge on any atom is 0.224 e. The smallest absolute Gasteiger partial charge is 0.224 e. The van der Waals surface area contributed by atoms with E-state index in [9.17, 15) is 4.79 Å². The summed E-state index contributed by atoms with van der Waals surface area (Å²) in [4.78, 5) is 17.4. The number of hydrogen-bond donors (Lipinski definition) is 2. The van der Waals surface area contributed by atoms with Gasteiger partial charge in [-0.3, -0.25) is 4.79 Å². The van der Waals surface area contributed by atoms with Crippen molar-refractivity contribution in [2.24, 2.45) is 17.8 Å². The van der Waals surface area contributed by atoms with Crippen LogP contribution in [0.5, 0.6) is 0 Å². The average molecular weight is 377 g/mol. The van der Waals surface area contributed by atoms with Crippen LogP contribution in [0.4, 0.5) is 0 Å². The second-order valence-corrected chi connectivity index (χ2v) is 7.99. The zero-order valence-electron chi connectivity index (χ0n) is 13.3. The van der Waals surface area contributed by atoms with Gasteiger partial charge in [0.1, 0.15) is 10.4 Å². The molecule has 122 valence electrons. The number of nitrogens with zero attached hydrogens (tertiary/aromatic N) is 2. The molecule has 2 aromatic rings. The topological polar surface area (TPSA) is 58.4 Å². The number of carbonyl (C=O) groups is 1. The lowest BCUT2D eigenvalue weighted by Gasteiger charge is -2.49. The van der Waals surface area contributed by atoms with Gasteiger partial charge in [-0.2, -0.15) is 0 Å². The summed E-state index contributed by atoms with van der Waals surface area (Å²) in [6, 6.07) is 5.98. The second kappa shape index (κ2) is 5.31. The molecule has 1 aliphatic heterocycles. The summed E-state index contributed by atoms with van der Waals surface area (Å²) in [5, 5.41) is 6.63. The number of imidazole rings is 1. The molecule has 1 saturated heterocycles. The summed E-state index contributed by atoms with van der Waals surface area (Å²) in [6.45, 7) is 5.97. The number of aromatic nitrogens is 2. The summed E-state index contributed by atoms with van der Waals surface area (Å²) in [5.41, 5.74) is 0.486. The fourth-order valence-corrected chi connectivity index (χ4v) is 4.55. The molecule has 0 radical (unpaired) electrons. The largest absolute Gasteiger partial charge is 0.344 e. The van der Waals surface area contributed by atoms with Crippen LogP contribution in [0.15, 0.2) is 29.0 Å². The van der Waals surface area contributed by atoms with Gasteiger partial charge in [0, 0.05) is 12.1 Å². The first-order valence-electron chi connectivity index (χ1n) is 8.13. The Hall–Kier alpha value is -1.40. The van der Waals surface area contributed by atoms with Crippen molar-refractivity contribution in [3.05, 3.63) is 34.8 Å². The van der Waals surface area contributed by atoms with Gasteiger partial charge in [-0.25, -0.2) is 4.98 Å². The maximum absolute atomic E-state index is 12.8. The van der Waals surface area contributed by atoms with E-state index in [1.165, 1.54) is 6.42 Å². The first-order valence-corrected chi connectivity index (χ1v) is 8.92. The van der Waals surface area contributed by atoms with Crippen molar-refractivity contribution in [3.8, 4) is 0 Å². The summed E-state index contributed by atoms with van der Waals surface area (Å²) in [5.74, 6) is 2.16. The third-order valence-corrected chi connectivity index (χ3v) is 5.82. The molecule has 5 nitrogen and oxygen atoms in total. The van der Waals surface area contributed by atoms with Gasteiger partial charge in [-0.1, -0.05) is 6.07 Å². The number of nitrogens with one attached hydrogen (secondary N) is 2. The number of carbonyl (C=O) groups excluding carboxylic acids is 1. The number of halogens is 1. The Balaban J connectivity index is 1.61. The molecule has 3 heterocycles. The molecule has 2 bridgehead atoms. The molecule has 6 heteroatoms. The van der Waals surface area contributed by atoms with E-state index < -0.39 is 5.54 Å². The molecule has 1 unspecified atom stereocenters. The van der Waals surface area contributed by atoms with E-state index >= 15 is 0 Å². The van der Waals surface area contributed by atoms with Crippen LogP contribution in [0.2, 0.25) is 0 Å². The Morgan fingerprint density at radius 2 is 2.13 bits per heavy atom. The molecule has 1 amide bonds. The first-order chi connectivity index (χ1) is 11.0. The minimum atomic E-state index is -0.523. The van der Waals surface area contributed by atoms with Crippen molar-refractivity contribution in [1.29, 1.82) is 0 Å². The van der Waals surface area contributed by atoms with E-state index in [1.54, 1.807) is 0 Å². The second-order valence-electron chi connectivity index (χ2n) is 7.24. The zero-order valence-corrected chi connectivity index (χ0v) is 14.9. The predicted octanol–water partition coefficient (Wildman–Crippen LogP) is 2.30. The average Bonchev–Trinajstić information content (AvgIpc) is 2.86. The van der Waals surface area contributed by atoms with Gasteiger partial charge >= 0.3 is 0 Å². The molecule has 0 aromatic carbocycles. The van der Waals surface area contributed by atoms with Gasteiger partial charge in [0.2, 0.25) is 5.91 Å². The molecule has 4 rings (SSSR count). The molecule has 2 aromatic heterocycles. The van der Waals surface area contributed by atoms with E-state index in [0.717, 1.165) is 29.0 Å². The minimum absolute atomic E-state index is 0.158. The molecule has 1 aliphatic carbocycles. The van der Waals surface area contributed by atoms with Crippen molar-refractivity contribution < 1.29 is 4.79 Å². The van der Waals surface area contributed by atoms with Crippen LogP contribution >= 0.6 is 15.9 Å². The number of rotatable bonds is 3. The number of pyridine rings is 1. The van der Waals surface area contributed by atoms with Crippen LogP contribution in [-0.2, 0) is 10.3 Å². The van der Waals surface area contributed by atoms with Crippen LogP contribution in [0.1, 0.15) is 26.1 Å². The van der Waals surface area contributed by atoms with Gasteiger partial charge in [0.15, 0.2) is 0 Å². The lowest BCUT2D eigenvalue weighted by atomic mass is 9.61. The molecule has 2 fully saturated rings. The Bertz CT molecular complexity index is 755. The third-order valence-electron chi connectivity index (χ3n) is 5.24. The van der Waals surface area contributed by atoms with Crippen molar-refractivity contribution >= 4 is 27.4 Å². The maximum atomic E-state index is 12.8. The van der Waals surface area contributed by atoms with Crippen molar-refractivity contribution in [3.63, 3.8) is 0 Å². The third kappa shape index (κ3) is 2.39. The normalized spacial score (nSPS) is 26.8. The van der Waals surface area contributed by atoms with Gasteiger partial charge in [0.25, 0.3) is 0 Å². The van der Waals surface area contributed by atoms with Gasteiger partial charge < -0.3 is 15.0 Å². The standard InChI is InChI=1S/C17H21BrN4O/c1-17(2,16-20-14(18)12-5-3-4-6-22(12)16)21-15(23)13-10-7-11(13)9-19-8-10/h3-6,10-11,13,19H,7-9H2,1-2H3,(H,21,23)/t10-,11+,13?. The molecule has 2 aliphatic rings. The van der Waals surface area contributed by atoms with E-state index in [0.29, 0.717) is 11.8 Å². The summed E-state index contributed by atoms with van der Waals surface area (Å²) >= 11 is 3.52. The van der Waals surface area contributed by atoms with E-state index in [-0.39, 0.29) is 11.8 Å². The van der Waals surface area contributed by atoms with Crippen LogP contribution < -0.4 is 10.6 Å². The highest BCUT2D eigenvalue weighted by molar-refractivity contribution is 9.10. The van der Waals surface area contributed by atoms with E-state index in [1.807, 2.05) is 42.6 Å². The monoisotopic (exact) mass is 376 g/mol. The van der Waals surface area contributed by atoms with Gasteiger partial charge in [-0.15, -0.1) is 0 Å². The van der Waals surface area contributed by atoms with Crippen LogP contribution in [-0.4, -0.2) is 28.4 Å². The highest BCUT2D eigenvalue weighted by Crippen LogP contribution is 2.43. The fourth-order valence-electron chi connectivity index (χ4n) is 4.06. The van der Waals surface area contributed by atoms with Crippen LogP contribution in [0.25, 0.3) is 5.52 Å². The van der Waals surface area contributed by atoms with Gasteiger partial charge in [-0.05, 0) is 73.3 Å². The quantitative estimate of drug-likeness (QED) is 0.863. The Morgan fingerprint density at radius 3 is 2.83 bits per heavy atom. The van der Waals surface area contributed by atoms with E-state index in [4.69, 9.17) is 0 Å². The molecule has 0 spiro atoms. The van der Waals surface area contributed by atoms with Crippen molar-refractivity contribution in [2.75, 3.05) is 13.1 Å². The first kappa shape index (κ1) is 15.1. The molecule has 1 saturated carbocycles. The van der Waals surface area contributed by atoms with Crippen LogP contribution in [0.3, 0.4) is 0 Å². The Kier molecular flexibility index (Phi) is 3.50. The molecular formula is C17H21BrN4O.